The molecule has 24 heavy (non-hydrogen) atoms. The molecule has 1 aromatic heterocycles. The Hall–Kier alpha value is -2.12. The first-order valence-electron chi connectivity index (χ1n) is 7.73. The van der Waals surface area contributed by atoms with Gasteiger partial charge in [-0.05, 0) is 30.8 Å². The van der Waals surface area contributed by atoms with Gasteiger partial charge < -0.3 is 14.3 Å². The number of para-hydroxylation sites is 1. The minimum absolute atomic E-state index is 0.0398. The Morgan fingerprint density at radius 3 is 2.75 bits per heavy atom. The number of benzene rings is 1. The number of hydrogen-bond donors (Lipinski definition) is 0. The summed E-state index contributed by atoms with van der Waals surface area (Å²) >= 11 is 6.21. The van der Waals surface area contributed by atoms with E-state index in [0.29, 0.717) is 30.0 Å². The summed E-state index contributed by atoms with van der Waals surface area (Å²) in [6.45, 7) is 1.07. The fraction of sp³-hybridized carbons (Fsp3) is 0.438. The highest BCUT2D eigenvalue weighted by Gasteiger charge is 2.36. The second-order valence-electron chi connectivity index (χ2n) is 6.04. The van der Waals surface area contributed by atoms with Crippen molar-refractivity contribution >= 4 is 29.1 Å². The van der Waals surface area contributed by atoms with E-state index in [4.69, 9.17) is 16.1 Å². The molecule has 0 saturated carbocycles. The number of hydrogen-bond acceptors (Lipinski definition) is 6. The van der Waals surface area contributed by atoms with E-state index < -0.39 is 0 Å². The van der Waals surface area contributed by atoms with E-state index in [2.05, 4.69) is 10.1 Å². The Morgan fingerprint density at radius 1 is 1.33 bits per heavy atom. The first kappa shape index (κ1) is 16.7. The predicted octanol–water partition coefficient (Wildman–Crippen LogP) is 2.03. The van der Waals surface area contributed by atoms with Crippen LogP contribution in [0, 0.1) is 0 Å². The molecular formula is C16H20ClN5O2. The first-order chi connectivity index (χ1) is 11.5. The monoisotopic (exact) mass is 349 g/mol. The van der Waals surface area contributed by atoms with Crippen LogP contribution >= 0.6 is 11.6 Å². The highest BCUT2D eigenvalue weighted by atomic mass is 35.5. The topological polar surface area (TPSA) is 65.7 Å². The number of halogens is 1. The van der Waals surface area contributed by atoms with Crippen molar-refractivity contribution in [3.05, 3.63) is 35.2 Å². The molecule has 1 aliphatic heterocycles. The molecule has 128 valence electrons. The van der Waals surface area contributed by atoms with Crippen LogP contribution < -0.4 is 9.80 Å². The maximum absolute atomic E-state index is 12.8. The van der Waals surface area contributed by atoms with Crippen LogP contribution in [-0.2, 0) is 11.3 Å². The van der Waals surface area contributed by atoms with Crippen molar-refractivity contribution in [2.45, 2.75) is 19.0 Å². The lowest BCUT2D eigenvalue weighted by Crippen LogP contribution is -2.39. The van der Waals surface area contributed by atoms with E-state index in [1.165, 1.54) is 0 Å². The molecule has 1 fully saturated rings. The molecule has 0 unspecified atom stereocenters. The molecule has 8 heteroatoms. The third kappa shape index (κ3) is 3.22. The van der Waals surface area contributed by atoms with Crippen LogP contribution in [0.1, 0.15) is 12.3 Å². The van der Waals surface area contributed by atoms with E-state index in [1.807, 2.05) is 44.2 Å². The Bertz CT molecular complexity index is 733. The molecule has 1 amide bonds. The van der Waals surface area contributed by atoms with Crippen molar-refractivity contribution in [1.82, 2.24) is 15.0 Å². The summed E-state index contributed by atoms with van der Waals surface area (Å²) in [6, 6.07) is 7.17. The van der Waals surface area contributed by atoms with Gasteiger partial charge >= 0.3 is 0 Å². The molecular weight excluding hydrogens is 330 g/mol. The Labute approximate surface area is 145 Å². The van der Waals surface area contributed by atoms with Crippen molar-refractivity contribution in [2.24, 2.45) is 0 Å². The minimum atomic E-state index is -0.226. The molecule has 1 aliphatic rings. The standard InChI is InChI=1S/C16H20ClN5O2/c1-20(2)16-18-14(24-19-16)10-21(3)13-8-9-22(15(13)23)12-7-5-4-6-11(12)17/h4-7,13H,8-10H2,1-3H3/t13-/m1/s1. The van der Waals surface area contributed by atoms with Crippen molar-refractivity contribution < 1.29 is 9.32 Å². The zero-order valence-electron chi connectivity index (χ0n) is 13.9. The van der Waals surface area contributed by atoms with Crippen molar-refractivity contribution in [2.75, 3.05) is 37.5 Å². The van der Waals surface area contributed by atoms with Crippen LogP contribution in [0.2, 0.25) is 5.02 Å². The van der Waals surface area contributed by atoms with Crippen LogP contribution in [0.15, 0.2) is 28.8 Å². The highest BCUT2D eigenvalue weighted by molar-refractivity contribution is 6.33. The summed E-state index contributed by atoms with van der Waals surface area (Å²) in [5.41, 5.74) is 0.757. The summed E-state index contributed by atoms with van der Waals surface area (Å²) in [6.07, 6.45) is 0.731. The molecule has 0 aliphatic carbocycles. The fourth-order valence-corrected chi connectivity index (χ4v) is 3.04. The fourth-order valence-electron chi connectivity index (χ4n) is 2.80. The summed E-state index contributed by atoms with van der Waals surface area (Å²) < 4.78 is 5.23. The quantitative estimate of drug-likeness (QED) is 0.823. The minimum Gasteiger partial charge on any atom is -0.344 e. The zero-order valence-corrected chi connectivity index (χ0v) is 14.7. The van der Waals surface area contributed by atoms with E-state index in [9.17, 15) is 4.79 Å². The third-order valence-electron chi connectivity index (χ3n) is 4.09. The lowest BCUT2D eigenvalue weighted by molar-refractivity contribution is -0.121. The lowest BCUT2D eigenvalue weighted by atomic mass is 10.2. The van der Waals surface area contributed by atoms with Crippen LogP contribution in [0.4, 0.5) is 11.6 Å². The predicted molar refractivity (Wildman–Crippen MR) is 92.3 cm³/mol. The van der Waals surface area contributed by atoms with Crippen molar-refractivity contribution in [3.8, 4) is 0 Å². The molecule has 1 aromatic carbocycles. The van der Waals surface area contributed by atoms with Crippen molar-refractivity contribution in [1.29, 1.82) is 0 Å². The molecule has 0 radical (unpaired) electrons. The average molecular weight is 350 g/mol. The van der Waals surface area contributed by atoms with Gasteiger partial charge in [0, 0.05) is 20.6 Å². The Morgan fingerprint density at radius 2 is 2.08 bits per heavy atom. The van der Waals surface area contributed by atoms with Gasteiger partial charge in [0.25, 0.3) is 5.95 Å². The normalized spacial score (nSPS) is 17.8. The maximum atomic E-state index is 12.8. The Kier molecular flexibility index (Phi) is 4.73. The number of anilines is 2. The van der Waals surface area contributed by atoms with Gasteiger partial charge in [-0.1, -0.05) is 23.7 Å². The molecule has 0 bridgehead atoms. The van der Waals surface area contributed by atoms with Gasteiger partial charge in [-0.25, -0.2) is 0 Å². The number of likely N-dealkylation sites (N-methyl/N-ethyl adjacent to an activating group) is 1. The summed E-state index contributed by atoms with van der Waals surface area (Å²) in [7, 11) is 5.58. The lowest BCUT2D eigenvalue weighted by Gasteiger charge is -2.22. The van der Waals surface area contributed by atoms with Crippen LogP contribution in [0.5, 0.6) is 0 Å². The zero-order chi connectivity index (χ0) is 17.3. The van der Waals surface area contributed by atoms with E-state index in [0.717, 1.165) is 12.1 Å². The number of rotatable bonds is 5. The third-order valence-corrected chi connectivity index (χ3v) is 4.41. The molecule has 2 heterocycles. The average Bonchev–Trinajstić information content (AvgIpc) is 3.15. The van der Waals surface area contributed by atoms with Crippen LogP contribution in [-0.4, -0.2) is 54.7 Å². The van der Waals surface area contributed by atoms with Gasteiger partial charge in [0.1, 0.15) is 0 Å². The largest absolute Gasteiger partial charge is 0.344 e. The van der Waals surface area contributed by atoms with Crippen molar-refractivity contribution in [3.63, 3.8) is 0 Å². The van der Waals surface area contributed by atoms with E-state index in [1.54, 1.807) is 15.9 Å². The van der Waals surface area contributed by atoms with Gasteiger partial charge in [0.05, 0.1) is 23.3 Å². The van der Waals surface area contributed by atoms with Crippen LogP contribution in [0.3, 0.4) is 0 Å². The van der Waals surface area contributed by atoms with Gasteiger partial charge in [-0.2, -0.15) is 4.98 Å². The molecule has 2 aromatic rings. The number of amides is 1. The second kappa shape index (κ2) is 6.78. The molecule has 3 rings (SSSR count). The summed E-state index contributed by atoms with van der Waals surface area (Å²) in [4.78, 5) is 22.5. The van der Waals surface area contributed by atoms with Gasteiger partial charge in [0.15, 0.2) is 0 Å². The molecule has 0 spiro atoms. The number of carbonyl (C=O) groups is 1. The highest BCUT2D eigenvalue weighted by Crippen LogP contribution is 2.30. The SMILES string of the molecule is CN(C)c1noc(CN(C)[C@@H]2CCN(c3ccccc3Cl)C2=O)n1. The number of carbonyl (C=O) groups excluding carboxylic acids is 1. The van der Waals surface area contributed by atoms with Gasteiger partial charge in [-0.3, -0.25) is 9.69 Å². The Balaban J connectivity index is 1.69. The number of nitrogens with zero attached hydrogens (tertiary/aromatic N) is 5. The maximum Gasteiger partial charge on any atom is 0.265 e. The summed E-state index contributed by atoms with van der Waals surface area (Å²) in [5, 5.41) is 4.47. The molecule has 1 atom stereocenters. The van der Waals surface area contributed by atoms with E-state index >= 15 is 0 Å². The second-order valence-corrected chi connectivity index (χ2v) is 6.45. The van der Waals surface area contributed by atoms with Crippen LogP contribution in [0.25, 0.3) is 0 Å². The first-order valence-corrected chi connectivity index (χ1v) is 8.11. The molecule has 1 saturated heterocycles. The number of aromatic nitrogens is 2. The molecule has 0 N–H and O–H groups in total. The smallest absolute Gasteiger partial charge is 0.265 e. The van der Waals surface area contributed by atoms with Gasteiger partial charge in [-0.15, -0.1) is 0 Å². The van der Waals surface area contributed by atoms with Gasteiger partial charge in [0.2, 0.25) is 11.8 Å². The summed E-state index contributed by atoms with van der Waals surface area (Å²) in [5.74, 6) is 1.05. The van der Waals surface area contributed by atoms with E-state index in [-0.39, 0.29) is 11.9 Å². The molecule has 7 nitrogen and oxygen atoms in total.